The molecule has 134 valence electrons. The van der Waals surface area contributed by atoms with Gasteiger partial charge in [-0.25, -0.2) is 4.39 Å². The van der Waals surface area contributed by atoms with Crippen molar-refractivity contribution in [2.24, 2.45) is 0 Å². The van der Waals surface area contributed by atoms with Gasteiger partial charge in [-0.3, -0.25) is 19.6 Å². The number of aromatic nitrogens is 2. The molecule has 0 bridgehead atoms. The lowest BCUT2D eigenvalue weighted by Gasteiger charge is -2.43. The molecule has 27 heavy (non-hydrogen) atoms. The molecule has 0 aliphatic carbocycles. The Morgan fingerprint density at radius 1 is 1.07 bits per heavy atom. The van der Waals surface area contributed by atoms with Gasteiger partial charge in [-0.2, -0.15) is 5.10 Å². The van der Waals surface area contributed by atoms with Gasteiger partial charge in [0, 0.05) is 28.7 Å². The number of H-pyrrole nitrogens is 1. The van der Waals surface area contributed by atoms with Gasteiger partial charge >= 0.3 is 0 Å². The maximum atomic E-state index is 14.1. The molecular weight excluding hydrogens is 349 g/mol. The molecule has 5 rings (SSSR count). The number of amides is 2. The third-order valence-corrected chi connectivity index (χ3v) is 4.88. The molecule has 7 nitrogen and oxygen atoms in total. The summed E-state index contributed by atoms with van der Waals surface area (Å²) in [6, 6.07) is 12.6. The number of aryl methyl sites for hydroxylation is 1. The number of fused-ring (bicyclic) bond motifs is 3. The highest BCUT2D eigenvalue weighted by Gasteiger charge is 2.57. The zero-order valence-electron chi connectivity index (χ0n) is 14.2. The number of para-hydroxylation sites is 1. The summed E-state index contributed by atoms with van der Waals surface area (Å²) in [7, 11) is 0. The topological polar surface area (TPSA) is 90.1 Å². The van der Waals surface area contributed by atoms with E-state index in [1.807, 2.05) is 0 Å². The average molecular weight is 363 g/mol. The second-order valence-corrected chi connectivity index (χ2v) is 6.57. The first-order valence-corrected chi connectivity index (χ1v) is 8.36. The van der Waals surface area contributed by atoms with Crippen LogP contribution in [0.3, 0.4) is 0 Å². The van der Waals surface area contributed by atoms with Crippen molar-refractivity contribution in [1.29, 1.82) is 0 Å². The lowest BCUT2D eigenvalue weighted by atomic mass is 9.93. The summed E-state index contributed by atoms with van der Waals surface area (Å²) in [6.45, 7) is 1.79. The van der Waals surface area contributed by atoms with Crippen molar-refractivity contribution < 1.29 is 14.0 Å². The summed E-state index contributed by atoms with van der Waals surface area (Å²) >= 11 is 0. The van der Waals surface area contributed by atoms with Gasteiger partial charge in [0.25, 0.3) is 11.8 Å². The lowest BCUT2D eigenvalue weighted by molar-refractivity contribution is -0.119. The van der Waals surface area contributed by atoms with Crippen LogP contribution in [0.2, 0.25) is 0 Å². The smallest absolute Gasteiger partial charge is 0.276 e. The molecule has 1 aromatic heterocycles. The Bertz CT molecular complexity index is 1120. The summed E-state index contributed by atoms with van der Waals surface area (Å²) in [4.78, 5) is 27.8. The van der Waals surface area contributed by atoms with E-state index in [0.717, 1.165) is 5.69 Å². The van der Waals surface area contributed by atoms with E-state index in [2.05, 4.69) is 20.8 Å². The van der Waals surface area contributed by atoms with E-state index in [9.17, 15) is 14.0 Å². The van der Waals surface area contributed by atoms with E-state index in [0.29, 0.717) is 22.5 Å². The van der Waals surface area contributed by atoms with Gasteiger partial charge in [0.05, 0.1) is 5.56 Å². The second kappa shape index (κ2) is 5.16. The van der Waals surface area contributed by atoms with Crippen molar-refractivity contribution >= 4 is 29.0 Å². The zero-order valence-corrected chi connectivity index (χ0v) is 14.2. The summed E-state index contributed by atoms with van der Waals surface area (Å²) in [5.74, 6) is -1.11. The molecule has 0 saturated carbocycles. The number of anilines is 3. The van der Waals surface area contributed by atoms with E-state index in [4.69, 9.17) is 0 Å². The van der Waals surface area contributed by atoms with Crippen LogP contribution in [0.15, 0.2) is 48.5 Å². The number of carbonyl (C=O) groups excluding carboxylic acids is 2. The van der Waals surface area contributed by atoms with E-state index in [1.165, 1.54) is 23.1 Å². The number of halogens is 1. The molecule has 2 aliphatic heterocycles. The molecule has 3 aromatic rings. The Morgan fingerprint density at radius 2 is 1.89 bits per heavy atom. The SMILES string of the molecule is Cc1cc(N2C(=O)c3ccccc3NC23C(=O)Nc2ccc(F)cc23)n[nH]1. The maximum Gasteiger partial charge on any atom is 0.276 e. The summed E-state index contributed by atoms with van der Waals surface area (Å²) in [6.07, 6.45) is 0. The zero-order chi connectivity index (χ0) is 18.8. The minimum atomic E-state index is -1.63. The number of aromatic amines is 1. The van der Waals surface area contributed by atoms with E-state index in [1.54, 1.807) is 37.3 Å². The van der Waals surface area contributed by atoms with Crippen LogP contribution in [0.5, 0.6) is 0 Å². The summed E-state index contributed by atoms with van der Waals surface area (Å²) in [5.41, 5.74) is 0.767. The Kier molecular flexibility index (Phi) is 2.98. The normalized spacial score (nSPS) is 20.3. The molecule has 2 aliphatic rings. The van der Waals surface area contributed by atoms with Crippen LogP contribution in [0.1, 0.15) is 21.6 Å². The minimum absolute atomic E-state index is 0.270. The molecule has 1 unspecified atom stereocenters. The fraction of sp³-hybridized carbons (Fsp3) is 0.105. The Labute approximate surface area is 153 Å². The van der Waals surface area contributed by atoms with Gasteiger partial charge in [-0.1, -0.05) is 12.1 Å². The number of benzene rings is 2. The van der Waals surface area contributed by atoms with Crippen molar-refractivity contribution in [3.63, 3.8) is 0 Å². The molecule has 1 spiro atoms. The molecule has 0 saturated heterocycles. The Morgan fingerprint density at radius 3 is 2.67 bits per heavy atom. The number of nitrogens with one attached hydrogen (secondary N) is 3. The molecular formula is C19H14FN5O2. The first-order valence-electron chi connectivity index (χ1n) is 8.36. The fourth-order valence-corrected chi connectivity index (χ4v) is 3.70. The predicted octanol–water partition coefficient (Wildman–Crippen LogP) is 2.73. The highest BCUT2D eigenvalue weighted by molar-refractivity contribution is 6.21. The van der Waals surface area contributed by atoms with Crippen molar-refractivity contribution in [2.45, 2.75) is 12.6 Å². The number of rotatable bonds is 1. The molecule has 0 fully saturated rings. The van der Waals surface area contributed by atoms with Gasteiger partial charge in [-0.15, -0.1) is 0 Å². The number of nitrogens with zero attached hydrogens (tertiary/aromatic N) is 2. The van der Waals surface area contributed by atoms with Crippen LogP contribution in [-0.4, -0.2) is 22.0 Å². The van der Waals surface area contributed by atoms with E-state index < -0.39 is 23.3 Å². The number of carbonyl (C=O) groups is 2. The molecule has 1 atom stereocenters. The Hall–Kier alpha value is -3.68. The lowest BCUT2D eigenvalue weighted by Crippen LogP contribution is -2.62. The Balaban J connectivity index is 1.83. The quantitative estimate of drug-likeness (QED) is 0.620. The van der Waals surface area contributed by atoms with Crippen LogP contribution in [0.25, 0.3) is 0 Å². The van der Waals surface area contributed by atoms with E-state index in [-0.39, 0.29) is 5.82 Å². The largest absolute Gasteiger partial charge is 0.350 e. The monoisotopic (exact) mass is 363 g/mol. The van der Waals surface area contributed by atoms with Crippen molar-refractivity contribution in [2.75, 3.05) is 15.5 Å². The number of hydrogen-bond donors (Lipinski definition) is 3. The fourth-order valence-electron chi connectivity index (χ4n) is 3.70. The standard InChI is InChI=1S/C19H14FN5O2/c1-10-8-16(24-23-10)25-17(26)12-4-2-3-5-14(12)22-19(25)13-9-11(20)6-7-15(13)21-18(19)27/h2-9,22H,1H3,(H,21,27)(H,23,24). The molecule has 2 amide bonds. The van der Waals surface area contributed by atoms with Crippen LogP contribution < -0.4 is 15.5 Å². The first-order chi connectivity index (χ1) is 13.0. The van der Waals surface area contributed by atoms with Crippen molar-refractivity contribution in [1.82, 2.24) is 10.2 Å². The summed E-state index contributed by atoms with van der Waals surface area (Å²) in [5, 5.41) is 12.9. The number of hydrogen-bond acceptors (Lipinski definition) is 4. The first kappa shape index (κ1) is 15.6. The van der Waals surface area contributed by atoms with Crippen molar-refractivity contribution in [3.8, 4) is 0 Å². The third kappa shape index (κ3) is 1.97. The summed E-state index contributed by atoms with van der Waals surface area (Å²) < 4.78 is 14.1. The second-order valence-electron chi connectivity index (χ2n) is 6.57. The van der Waals surface area contributed by atoms with E-state index >= 15 is 0 Å². The minimum Gasteiger partial charge on any atom is -0.350 e. The average Bonchev–Trinajstić information content (AvgIpc) is 3.18. The van der Waals surface area contributed by atoms with Crippen LogP contribution >= 0.6 is 0 Å². The highest BCUT2D eigenvalue weighted by atomic mass is 19.1. The van der Waals surface area contributed by atoms with Gasteiger partial charge < -0.3 is 10.6 Å². The molecule has 0 radical (unpaired) electrons. The molecule has 3 N–H and O–H groups in total. The molecule has 8 heteroatoms. The van der Waals surface area contributed by atoms with Gasteiger partial charge in [-0.05, 0) is 37.3 Å². The maximum absolute atomic E-state index is 14.1. The van der Waals surface area contributed by atoms with Crippen LogP contribution in [-0.2, 0) is 10.5 Å². The molecule has 2 aromatic carbocycles. The van der Waals surface area contributed by atoms with Gasteiger partial charge in [0.1, 0.15) is 5.82 Å². The van der Waals surface area contributed by atoms with Crippen LogP contribution in [0.4, 0.5) is 21.6 Å². The highest BCUT2D eigenvalue weighted by Crippen LogP contribution is 2.47. The van der Waals surface area contributed by atoms with Gasteiger partial charge in [0.2, 0.25) is 5.66 Å². The molecule has 3 heterocycles. The predicted molar refractivity (Wildman–Crippen MR) is 96.9 cm³/mol. The third-order valence-electron chi connectivity index (χ3n) is 4.88. The van der Waals surface area contributed by atoms with Gasteiger partial charge in [0.15, 0.2) is 5.82 Å². The van der Waals surface area contributed by atoms with Crippen LogP contribution in [0, 0.1) is 12.7 Å². The van der Waals surface area contributed by atoms with Crippen molar-refractivity contribution in [3.05, 3.63) is 71.2 Å².